The van der Waals surface area contributed by atoms with Crippen LogP contribution >= 0.6 is 23.2 Å². The molecule has 0 spiro atoms. The molecule has 0 aliphatic carbocycles. The Morgan fingerprint density at radius 1 is 0.960 bits per heavy atom. The van der Waals surface area contributed by atoms with Crippen LogP contribution in [0.5, 0.6) is 0 Å². The molecule has 1 aromatic carbocycles. The average Bonchev–Trinajstić information content (AvgIpc) is 2.64. The highest BCUT2D eigenvalue weighted by Gasteiger charge is 2.09. The van der Waals surface area contributed by atoms with Crippen molar-refractivity contribution in [1.29, 1.82) is 0 Å². The summed E-state index contributed by atoms with van der Waals surface area (Å²) in [5, 5.41) is 6.78. The van der Waals surface area contributed by atoms with Gasteiger partial charge < -0.3 is 10.6 Å². The fourth-order valence-corrected chi connectivity index (χ4v) is 2.40. The van der Waals surface area contributed by atoms with Crippen LogP contribution in [0.3, 0.4) is 0 Å². The number of nitrogens with zero attached hydrogens (tertiary/aromatic N) is 2. The van der Waals surface area contributed by atoms with Crippen LogP contribution in [-0.4, -0.2) is 15.9 Å². The number of aromatic nitrogens is 2. The van der Waals surface area contributed by atoms with Gasteiger partial charge in [-0.25, -0.2) is 4.98 Å². The van der Waals surface area contributed by atoms with Crippen LogP contribution in [0.15, 0.2) is 61.1 Å². The minimum absolute atomic E-state index is 0.306. The van der Waals surface area contributed by atoms with Crippen molar-refractivity contribution in [1.82, 2.24) is 9.97 Å². The molecule has 0 unspecified atom stereocenters. The largest absolute Gasteiger partial charge is 0.380 e. The minimum atomic E-state index is -0.320. The highest BCUT2D eigenvalue weighted by Crippen LogP contribution is 2.25. The quantitative estimate of drug-likeness (QED) is 0.683. The van der Waals surface area contributed by atoms with Gasteiger partial charge in [0.05, 0.1) is 21.9 Å². The normalized spacial score (nSPS) is 10.3. The Kier molecular flexibility index (Phi) is 5.48. The summed E-state index contributed by atoms with van der Waals surface area (Å²) in [5.41, 5.74) is 2.79. The van der Waals surface area contributed by atoms with Crippen molar-refractivity contribution in [3.05, 3.63) is 82.4 Å². The van der Waals surface area contributed by atoms with Crippen LogP contribution in [0.1, 0.15) is 16.1 Å². The third-order valence-electron chi connectivity index (χ3n) is 3.42. The molecule has 0 bridgehead atoms. The lowest BCUT2D eigenvalue weighted by molar-refractivity contribution is 0.102. The molecule has 3 aromatic rings. The zero-order valence-corrected chi connectivity index (χ0v) is 14.6. The van der Waals surface area contributed by atoms with Gasteiger partial charge in [-0.1, -0.05) is 23.2 Å². The van der Waals surface area contributed by atoms with E-state index in [4.69, 9.17) is 23.2 Å². The van der Waals surface area contributed by atoms with Gasteiger partial charge in [0.15, 0.2) is 0 Å². The molecule has 0 saturated carbocycles. The Morgan fingerprint density at radius 2 is 1.72 bits per heavy atom. The van der Waals surface area contributed by atoms with Crippen molar-refractivity contribution in [3.8, 4) is 0 Å². The Balaban J connectivity index is 1.61. The molecule has 2 N–H and O–H groups in total. The first-order valence-electron chi connectivity index (χ1n) is 7.47. The first-order valence-corrected chi connectivity index (χ1v) is 8.22. The number of amides is 1. The summed E-state index contributed by atoms with van der Waals surface area (Å²) in [6.07, 6.45) is 5.10. The second kappa shape index (κ2) is 7.96. The van der Waals surface area contributed by atoms with E-state index in [2.05, 4.69) is 20.6 Å². The summed E-state index contributed by atoms with van der Waals surface area (Å²) in [6.45, 7) is 0.652. The van der Waals surface area contributed by atoms with E-state index in [0.29, 0.717) is 28.0 Å². The molecule has 0 saturated heterocycles. The summed E-state index contributed by atoms with van der Waals surface area (Å²) in [7, 11) is 0. The summed E-state index contributed by atoms with van der Waals surface area (Å²) in [6, 6.07) is 12.2. The molecule has 0 aliphatic rings. The molecule has 126 valence electrons. The van der Waals surface area contributed by atoms with E-state index in [9.17, 15) is 4.79 Å². The standard InChI is InChI=1S/C18H14Cl2N4O/c19-15-3-1-13(9-16(15)20)24-18(25)17-4-2-14(11-23-17)22-10-12-5-7-21-8-6-12/h1-9,11,22H,10H2,(H,24,25). The number of rotatable bonds is 5. The molecular weight excluding hydrogens is 359 g/mol. The topological polar surface area (TPSA) is 66.9 Å². The Morgan fingerprint density at radius 3 is 2.40 bits per heavy atom. The highest BCUT2D eigenvalue weighted by molar-refractivity contribution is 6.42. The van der Waals surface area contributed by atoms with Crippen LogP contribution in [-0.2, 0) is 6.54 Å². The molecule has 2 heterocycles. The minimum Gasteiger partial charge on any atom is -0.380 e. The van der Waals surface area contributed by atoms with Crippen molar-refractivity contribution in [3.63, 3.8) is 0 Å². The fraction of sp³-hybridized carbons (Fsp3) is 0.0556. The summed E-state index contributed by atoms with van der Waals surface area (Å²) >= 11 is 11.8. The average molecular weight is 373 g/mol. The monoisotopic (exact) mass is 372 g/mol. The van der Waals surface area contributed by atoms with E-state index < -0.39 is 0 Å². The molecular formula is C18H14Cl2N4O. The van der Waals surface area contributed by atoms with E-state index in [1.807, 2.05) is 12.1 Å². The van der Waals surface area contributed by atoms with Crippen molar-refractivity contribution < 1.29 is 4.79 Å². The number of benzene rings is 1. The number of halogens is 2. The molecule has 5 nitrogen and oxygen atoms in total. The van der Waals surface area contributed by atoms with Gasteiger partial charge in [0.25, 0.3) is 5.91 Å². The van der Waals surface area contributed by atoms with Gasteiger partial charge in [-0.15, -0.1) is 0 Å². The van der Waals surface area contributed by atoms with Gasteiger partial charge in [0.1, 0.15) is 5.69 Å². The Hall–Kier alpha value is -2.63. The first kappa shape index (κ1) is 17.2. The molecule has 0 radical (unpaired) electrons. The second-order valence-corrected chi connectivity index (χ2v) is 6.04. The van der Waals surface area contributed by atoms with E-state index in [1.165, 1.54) is 0 Å². The van der Waals surface area contributed by atoms with E-state index >= 15 is 0 Å². The van der Waals surface area contributed by atoms with Gasteiger partial charge in [-0.05, 0) is 48.0 Å². The maximum atomic E-state index is 12.2. The van der Waals surface area contributed by atoms with Gasteiger partial charge >= 0.3 is 0 Å². The Labute approximate surface area is 155 Å². The van der Waals surface area contributed by atoms with Crippen LogP contribution in [0, 0.1) is 0 Å². The second-order valence-electron chi connectivity index (χ2n) is 5.22. The van der Waals surface area contributed by atoms with E-state index in [-0.39, 0.29) is 5.91 Å². The summed E-state index contributed by atoms with van der Waals surface area (Å²) in [4.78, 5) is 20.4. The molecule has 25 heavy (non-hydrogen) atoms. The van der Waals surface area contributed by atoms with Gasteiger partial charge in [0.2, 0.25) is 0 Å². The summed E-state index contributed by atoms with van der Waals surface area (Å²) in [5.74, 6) is -0.320. The van der Waals surface area contributed by atoms with Crippen molar-refractivity contribution in [2.75, 3.05) is 10.6 Å². The molecule has 0 aliphatic heterocycles. The number of pyridine rings is 2. The molecule has 2 aromatic heterocycles. The molecule has 3 rings (SSSR count). The lowest BCUT2D eigenvalue weighted by Crippen LogP contribution is -2.13. The van der Waals surface area contributed by atoms with E-state index in [0.717, 1.165) is 11.3 Å². The highest BCUT2D eigenvalue weighted by atomic mass is 35.5. The number of carbonyl (C=O) groups excluding carboxylic acids is 1. The Bertz CT molecular complexity index is 870. The third kappa shape index (κ3) is 4.68. The van der Waals surface area contributed by atoms with Crippen LogP contribution in [0.2, 0.25) is 10.0 Å². The molecule has 7 heteroatoms. The zero-order valence-electron chi connectivity index (χ0n) is 13.0. The van der Waals surface area contributed by atoms with Gasteiger partial charge in [-0.3, -0.25) is 9.78 Å². The van der Waals surface area contributed by atoms with Crippen molar-refractivity contribution in [2.24, 2.45) is 0 Å². The van der Waals surface area contributed by atoms with Gasteiger partial charge in [0, 0.05) is 24.6 Å². The zero-order chi connectivity index (χ0) is 17.6. The predicted octanol–water partition coefficient (Wildman–Crippen LogP) is 4.65. The number of carbonyl (C=O) groups is 1. The molecule has 0 atom stereocenters. The predicted molar refractivity (Wildman–Crippen MR) is 100 cm³/mol. The number of nitrogens with one attached hydrogen (secondary N) is 2. The van der Waals surface area contributed by atoms with Crippen molar-refractivity contribution in [2.45, 2.75) is 6.54 Å². The van der Waals surface area contributed by atoms with Crippen LogP contribution < -0.4 is 10.6 Å². The maximum absolute atomic E-state index is 12.2. The SMILES string of the molecule is O=C(Nc1ccc(Cl)c(Cl)c1)c1ccc(NCc2ccncc2)cn1. The third-order valence-corrected chi connectivity index (χ3v) is 4.16. The van der Waals surface area contributed by atoms with E-state index in [1.54, 1.807) is 48.9 Å². The fourth-order valence-electron chi connectivity index (χ4n) is 2.11. The van der Waals surface area contributed by atoms with Gasteiger partial charge in [-0.2, -0.15) is 0 Å². The lowest BCUT2D eigenvalue weighted by Gasteiger charge is -2.08. The first-order chi connectivity index (χ1) is 12.1. The number of anilines is 2. The van der Waals surface area contributed by atoms with Crippen molar-refractivity contribution >= 4 is 40.5 Å². The van der Waals surface area contributed by atoms with Crippen LogP contribution in [0.4, 0.5) is 11.4 Å². The lowest BCUT2D eigenvalue weighted by atomic mass is 10.2. The number of hydrogen-bond donors (Lipinski definition) is 2. The summed E-state index contributed by atoms with van der Waals surface area (Å²) < 4.78 is 0. The number of hydrogen-bond acceptors (Lipinski definition) is 4. The van der Waals surface area contributed by atoms with Crippen LogP contribution in [0.25, 0.3) is 0 Å². The maximum Gasteiger partial charge on any atom is 0.274 e. The molecule has 0 fully saturated rings. The smallest absolute Gasteiger partial charge is 0.274 e. The molecule has 1 amide bonds.